The van der Waals surface area contributed by atoms with Gasteiger partial charge >= 0.3 is 5.97 Å². The molecule has 142 valence electrons. The molecule has 1 heterocycles. The molecular weight excluding hydrogens is 366 g/mol. The lowest BCUT2D eigenvalue weighted by Crippen LogP contribution is -2.48. The van der Waals surface area contributed by atoms with Crippen LogP contribution in [0.3, 0.4) is 0 Å². The third-order valence-electron chi connectivity index (χ3n) is 4.50. The molecular formula is C20H22ClN3O3. The van der Waals surface area contributed by atoms with Gasteiger partial charge < -0.3 is 15.0 Å². The fourth-order valence-electron chi connectivity index (χ4n) is 3.10. The number of methoxy groups -OCH3 is 1. The Morgan fingerprint density at radius 3 is 2.52 bits per heavy atom. The van der Waals surface area contributed by atoms with Crippen molar-refractivity contribution >= 4 is 34.9 Å². The highest BCUT2D eigenvalue weighted by atomic mass is 35.5. The first-order chi connectivity index (χ1) is 13.1. The molecule has 0 radical (unpaired) electrons. The second kappa shape index (κ2) is 8.88. The van der Waals surface area contributed by atoms with E-state index in [1.165, 1.54) is 7.11 Å². The number of hydrogen-bond donors (Lipinski definition) is 1. The van der Waals surface area contributed by atoms with Crippen LogP contribution >= 0.6 is 11.6 Å². The monoisotopic (exact) mass is 387 g/mol. The van der Waals surface area contributed by atoms with Crippen molar-refractivity contribution in [1.29, 1.82) is 0 Å². The molecule has 0 bridgehead atoms. The second-order valence-electron chi connectivity index (χ2n) is 6.34. The van der Waals surface area contributed by atoms with Crippen molar-refractivity contribution in [3.05, 3.63) is 59.1 Å². The number of para-hydroxylation sites is 1. The van der Waals surface area contributed by atoms with E-state index in [1.807, 2.05) is 24.3 Å². The zero-order valence-electron chi connectivity index (χ0n) is 15.2. The van der Waals surface area contributed by atoms with Crippen LogP contribution < -0.4 is 10.2 Å². The van der Waals surface area contributed by atoms with E-state index in [9.17, 15) is 9.59 Å². The minimum atomic E-state index is -0.429. The Balaban J connectivity index is 1.51. The van der Waals surface area contributed by atoms with E-state index >= 15 is 0 Å². The maximum Gasteiger partial charge on any atom is 0.337 e. The predicted molar refractivity (Wildman–Crippen MR) is 107 cm³/mol. The molecule has 1 aliphatic rings. The van der Waals surface area contributed by atoms with Gasteiger partial charge in [0.2, 0.25) is 5.91 Å². The molecule has 7 heteroatoms. The highest BCUT2D eigenvalue weighted by Gasteiger charge is 2.20. The summed E-state index contributed by atoms with van der Waals surface area (Å²) >= 11 is 6.26. The number of amides is 1. The van der Waals surface area contributed by atoms with Gasteiger partial charge in [-0.2, -0.15) is 0 Å². The van der Waals surface area contributed by atoms with Crippen molar-refractivity contribution in [2.24, 2.45) is 0 Å². The van der Waals surface area contributed by atoms with Gasteiger partial charge in [-0.15, -0.1) is 0 Å². The number of ether oxygens (including phenoxy) is 1. The van der Waals surface area contributed by atoms with Gasteiger partial charge in [-0.05, 0) is 30.3 Å². The molecule has 0 aliphatic carbocycles. The van der Waals surface area contributed by atoms with Gasteiger partial charge in [-0.3, -0.25) is 9.69 Å². The first kappa shape index (κ1) is 19.2. The van der Waals surface area contributed by atoms with E-state index in [0.717, 1.165) is 36.9 Å². The number of benzene rings is 2. The average Bonchev–Trinajstić information content (AvgIpc) is 2.68. The number of carbonyl (C=O) groups excluding carboxylic acids is 2. The van der Waals surface area contributed by atoms with Crippen molar-refractivity contribution in [2.75, 3.05) is 50.1 Å². The van der Waals surface area contributed by atoms with Gasteiger partial charge in [0.25, 0.3) is 0 Å². The van der Waals surface area contributed by atoms with E-state index in [4.69, 9.17) is 16.3 Å². The molecule has 0 unspecified atom stereocenters. The van der Waals surface area contributed by atoms with Crippen molar-refractivity contribution < 1.29 is 14.3 Å². The average molecular weight is 388 g/mol. The minimum Gasteiger partial charge on any atom is -0.465 e. The number of halogens is 1. The molecule has 3 rings (SSSR count). The summed E-state index contributed by atoms with van der Waals surface area (Å²) in [7, 11) is 1.33. The van der Waals surface area contributed by atoms with Gasteiger partial charge in [0, 0.05) is 31.9 Å². The number of anilines is 2. The SMILES string of the molecule is COC(=O)c1cccc(NC(=O)CN2CCN(c3ccccc3Cl)CC2)c1. The Bertz CT molecular complexity index is 820. The minimum absolute atomic E-state index is 0.108. The smallest absolute Gasteiger partial charge is 0.337 e. The first-order valence-corrected chi connectivity index (χ1v) is 9.14. The Morgan fingerprint density at radius 1 is 1.07 bits per heavy atom. The highest BCUT2D eigenvalue weighted by molar-refractivity contribution is 6.33. The molecule has 2 aromatic carbocycles. The van der Waals surface area contributed by atoms with E-state index in [2.05, 4.69) is 15.1 Å². The zero-order valence-corrected chi connectivity index (χ0v) is 15.9. The summed E-state index contributed by atoms with van der Waals surface area (Å²) < 4.78 is 4.70. The zero-order chi connectivity index (χ0) is 19.2. The Morgan fingerprint density at radius 2 is 1.81 bits per heavy atom. The molecule has 1 aliphatic heterocycles. The number of nitrogens with one attached hydrogen (secondary N) is 1. The lowest BCUT2D eigenvalue weighted by Gasteiger charge is -2.36. The normalized spacial score (nSPS) is 14.7. The third-order valence-corrected chi connectivity index (χ3v) is 4.82. The molecule has 1 fully saturated rings. The highest BCUT2D eigenvalue weighted by Crippen LogP contribution is 2.26. The number of nitrogens with zero attached hydrogens (tertiary/aromatic N) is 2. The molecule has 1 N–H and O–H groups in total. The maximum atomic E-state index is 12.3. The standard InChI is InChI=1S/C20H22ClN3O3/c1-27-20(26)15-5-4-6-16(13-15)22-19(25)14-23-9-11-24(12-10-23)18-8-3-2-7-17(18)21/h2-8,13H,9-12,14H2,1H3,(H,22,25). The number of rotatable bonds is 5. The van der Waals surface area contributed by atoms with Crippen LogP contribution in [0.4, 0.5) is 11.4 Å². The fourth-order valence-corrected chi connectivity index (χ4v) is 3.36. The topological polar surface area (TPSA) is 61.9 Å². The number of piperazine rings is 1. The predicted octanol–water partition coefficient (Wildman–Crippen LogP) is 2.89. The molecule has 1 amide bonds. The third kappa shape index (κ3) is 4.99. The number of hydrogen-bond acceptors (Lipinski definition) is 5. The van der Waals surface area contributed by atoms with E-state index in [0.29, 0.717) is 17.8 Å². The van der Waals surface area contributed by atoms with Gasteiger partial charge in [0.15, 0.2) is 0 Å². The number of esters is 1. The first-order valence-electron chi connectivity index (χ1n) is 8.77. The molecule has 0 atom stereocenters. The number of carbonyl (C=O) groups is 2. The molecule has 0 spiro atoms. The summed E-state index contributed by atoms with van der Waals surface area (Å²) in [6, 6.07) is 14.5. The summed E-state index contributed by atoms with van der Waals surface area (Å²) in [4.78, 5) is 28.3. The van der Waals surface area contributed by atoms with E-state index in [1.54, 1.807) is 24.3 Å². The quantitative estimate of drug-likeness (QED) is 0.799. The molecule has 1 saturated heterocycles. The maximum absolute atomic E-state index is 12.3. The summed E-state index contributed by atoms with van der Waals surface area (Å²) in [5.74, 6) is -0.537. The van der Waals surface area contributed by atoms with Crippen LogP contribution in [-0.4, -0.2) is 56.6 Å². The lowest BCUT2D eigenvalue weighted by molar-refractivity contribution is -0.117. The molecule has 0 saturated carbocycles. The van der Waals surface area contributed by atoms with Gasteiger partial charge in [0.05, 0.1) is 29.9 Å². The van der Waals surface area contributed by atoms with Crippen molar-refractivity contribution in [2.45, 2.75) is 0 Å². The summed E-state index contributed by atoms with van der Waals surface area (Å²) in [6.07, 6.45) is 0. The summed E-state index contributed by atoms with van der Waals surface area (Å²) in [6.45, 7) is 3.49. The van der Waals surface area contributed by atoms with E-state index < -0.39 is 5.97 Å². The second-order valence-corrected chi connectivity index (χ2v) is 6.74. The summed E-state index contributed by atoms with van der Waals surface area (Å²) in [5.41, 5.74) is 2.02. The molecule has 27 heavy (non-hydrogen) atoms. The van der Waals surface area contributed by atoms with Crippen LogP contribution in [0.5, 0.6) is 0 Å². The lowest BCUT2D eigenvalue weighted by atomic mass is 10.2. The largest absolute Gasteiger partial charge is 0.465 e. The van der Waals surface area contributed by atoms with Crippen LogP contribution in [0.2, 0.25) is 5.02 Å². The molecule has 2 aromatic rings. The van der Waals surface area contributed by atoms with Gasteiger partial charge in [-0.25, -0.2) is 4.79 Å². The van der Waals surface area contributed by atoms with Crippen molar-refractivity contribution in [3.63, 3.8) is 0 Å². The van der Waals surface area contributed by atoms with Crippen molar-refractivity contribution in [3.8, 4) is 0 Å². The van der Waals surface area contributed by atoms with Crippen LogP contribution in [0, 0.1) is 0 Å². The van der Waals surface area contributed by atoms with Crippen LogP contribution in [0.25, 0.3) is 0 Å². The molecule has 0 aromatic heterocycles. The van der Waals surface area contributed by atoms with E-state index in [-0.39, 0.29) is 5.91 Å². The molecule has 6 nitrogen and oxygen atoms in total. The van der Waals surface area contributed by atoms with Gasteiger partial charge in [0.1, 0.15) is 0 Å². The van der Waals surface area contributed by atoms with Crippen LogP contribution in [0.1, 0.15) is 10.4 Å². The fraction of sp³-hybridized carbons (Fsp3) is 0.300. The Hall–Kier alpha value is -2.57. The Kier molecular flexibility index (Phi) is 6.32. The Labute approximate surface area is 163 Å². The van der Waals surface area contributed by atoms with Crippen LogP contribution in [-0.2, 0) is 9.53 Å². The van der Waals surface area contributed by atoms with Gasteiger partial charge in [-0.1, -0.05) is 29.8 Å². The van der Waals surface area contributed by atoms with Crippen molar-refractivity contribution in [1.82, 2.24) is 4.90 Å². The summed E-state index contributed by atoms with van der Waals surface area (Å²) in [5, 5.41) is 3.58. The van der Waals surface area contributed by atoms with Crippen LogP contribution in [0.15, 0.2) is 48.5 Å².